The molecular weight excluding hydrogens is 294 g/mol. The standard InChI is InChI=1S/C14H16BrNO2/c15-12-6-3-11(4-7-12)5-8-14(18)16-9-1-2-13(16)10-17/h3-8,13,17H,1-2,9-10H2/b8-5+/t13-/m0/s1. The number of halogens is 1. The molecule has 1 aromatic carbocycles. The minimum Gasteiger partial charge on any atom is -0.394 e. The largest absolute Gasteiger partial charge is 0.394 e. The van der Waals surface area contributed by atoms with Gasteiger partial charge in [-0.3, -0.25) is 4.79 Å². The summed E-state index contributed by atoms with van der Waals surface area (Å²) < 4.78 is 1.02. The number of nitrogens with zero attached hydrogens (tertiary/aromatic N) is 1. The van der Waals surface area contributed by atoms with Crippen LogP contribution in [0.1, 0.15) is 18.4 Å². The van der Waals surface area contributed by atoms with Gasteiger partial charge in [0, 0.05) is 17.1 Å². The maximum absolute atomic E-state index is 12.0. The first-order chi connectivity index (χ1) is 8.70. The zero-order valence-electron chi connectivity index (χ0n) is 10.1. The highest BCUT2D eigenvalue weighted by atomic mass is 79.9. The topological polar surface area (TPSA) is 40.5 Å². The molecule has 1 N–H and O–H groups in total. The number of rotatable bonds is 3. The Kier molecular flexibility index (Phi) is 4.55. The molecule has 2 rings (SSSR count). The fourth-order valence-electron chi connectivity index (χ4n) is 2.15. The first-order valence-corrected chi connectivity index (χ1v) is 6.85. The lowest BCUT2D eigenvalue weighted by Crippen LogP contribution is -2.36. The lowest BCUT2D eigenvalue weighted by Gasteiger charge is -2.21. The smallest absolute Gasteiger partial charge is 0.246 e. The van der Waals surface area contributed by atoms with E-state index >= 15 is 0 Å². The Hall–Kier alpha value is -1.13. The van der Waals surface area contributed by atoms with Gasteiger partial charge in [-0.05, 0) is 36.6 Å². The van der Waals surface area contributed by atoms with Gasteiger partial charge >= 0.3 is 0 Å². The second-order valence-corrected chi connectivity index (χ2v) is 5.31. The van der Waals surface area contributed by atoms with E-state index in [-0.39, 0.29) is 18.6 Å². The van der Waals surface area contributed by atoms with E-state index in [0.717, 1.165) is 29.4 Å². The van der Waals surface area contributed by atoms with Gasteiger partial charge in [-0.25, -0.2) is 0 Å². The summed E-state index contributed by atoms with van der Waals surface area (Å²) in [5.74, 6) is -0.0190. The van der Waals surface area contributed by atoms with Crippen LogP contribution in [0.4, 0.5) is 0 Å². The second kappa shape index (κ2) is 6.16. The number of likely N-dealkylation sites (tertiary alicyclic amines) is 1. The Morgan fingerprint density at radius 3 is 2.83 bits per heavy atom. The maximum atomic E-state index is 12.0. The molecule has 1 fully saturated rings. The van der Waals surface area contributed by atoms with Crippen molar-refractivity contribution in [3.8, 4) is 0 Å². The summed E-state index contributed by atoms with van der Waals surface area (Å²) in [5, 5.41) is 9.18. The summed E-state index contributed by atoms with van der Waals surface area (Å²) in [5.41, 5.74) is 0.992. The Labute approximate surface area is 115 Å². The molecule has 1 amide bonds. The summed E-state index contributed by atoms with van der Waals surface area (Å²) in [6.07, 6.45) is 5.26. The van der Waals surface area contributed by atoms with Crippen molar-refractivity contribution in [2.45, 2.75) is 18.9 Å². The molecule has 0 unspecified atom stereocenters. The third kappa shape index (κ3) is 3.21. The van der Waals surface area contributed by atoms with Gasteiger partial charge in [0.1, 0.15) is 0 Å². The van der Waals surface area contributed by atoms with Crippen LogP contribution in [-0.4, -0.2) is 35.1 Å². The van der Waals surface area contributed by atoms with Crippen LogP contribution in [-0.2, 0) is 4.79 Å². The van der Waals surface area contributed by atoms with Crippen molar-refractivity contribution in [3.05, 3.63) is 40.4 Å². The van der Waals surface area contributed by atoms with E-state index < -0.39 is 0 Å². The van der Waals surface area contributed by atoms with Gasteiger partial charge in [-0.15, -0.1) is 0 Å². The lowest BCUT2D eigenvalue weighted by molar-refractivity contribution is -0.127. The first kappa shape index (κ1) is 13.3. The fourth-order valence-corrected chi connectivity index (χ4v) is 2.42. The summed E-state index contributed by atoms with van der Waals surface area (Å²) in [6, 6.07) is 7.77. The Morgan fingerprint density at radius 2 is 2.17 bits per heavy atom. The zero-order valence-corrected chi connectivity index (χ0v) is 11.6. The van der Waals surface area contributed by atoms with Gasteiger partial charge in [-0.2, -0.15) is 0 Å². The van der Waals surface area contributed by atoms with Crippen LogP contribution in [0.2, 0.25) is 0 Å². The fraction of sp³-hybridized carbons (Fsp3) is 0.357. The van der Waals surface area contributed by atoms with Crippen LogP contribution in [0.3, 0.4) is 0 Å². The molecular formula is C14H16BrNO2. The number of carbonyl (C=O) groups excluding carboxylic acids is 1. The van der Waals surface area contributed by atoms with Crippen molar-refractivity contribution >= 4 is 27.9 Å². The summed E-state index contributed by atoms with van der Waals surface area (Å²) in [6.45, 7) is 0.798. The molecule has 0 spiro atoms. The predicted molar refractivity (Wildman–Crippen MR) is 75.0 cm³/mol. The molecule has 1 aliphatic heterocycles. The number of aliphatic hydroxyl groups is 1. The molecule has 0 saturated carbocycles. The van der Waals surface area contributed by atoms with E-state index in [9.17, 15) is 9.90 Å². The Balaban J connectivity index is 2.00. The summed E-state index contributed by atoms with van der Waals surface area (Å²) in [4.78, 5) is 13.7. The van der Waals surface area contributed by atoms with E-state index in [1.807, 2.05) is 30.3 Å². The molecule has 0 aromatic heterocycles. The van der Waals surface area contributed by atoms with Crippen LogP contribution in [0.25, 0.3) is 6.08 Å². The molecule has 18 heavy (non-hydrogen) atoms. The number of hydrogen-bond acceptors (Lipinski definition) is 2. The van der Waals surface area contributed by atoms with Crippen molar-refractivity contribution in [1.82, 2.24) is 4.90 Å². The Morgan fingerprint density at radius 1 is 1.44 bits per heavy atom. The average Bonchev–Trinajstić information content (AvgIpc) is 2.86. The molecule has 96 valence electrons. The first-order valence-electron chi connectivity index (χ1n) is 6.06. The van der Waals surface area contributed by atoms with Crippen LogP contribution in [0.15, 0.2) is 34.8 Å². The monoisotopic (exact) mass is 309 g/mol. The van der Waals surface area contributed by atoms with Gasteiger partial charge in [0.15, 0.2) is 0 Å². The van der Waals surface area contributed by atoms with Crippen LogP contribution in [0, 0.1) is 0 Å². The van der Waals surface area contributed by atoms with E-state index in [0.29, 0.717) is 0 Å². The molecule has 1 aromatic rings. The summed E-state index contributed by atoms with van der Waals surface area (Å²) >= 11 is 3.37. The maximum Gasteiger partial charge on any atom is 0.246 e. The lowest BCUT2D eigenvalue weighted by atomic mass is 10.2. The van der Waals surface area contributed by atoms with Gasteiger partial charge in [0.2, 0.25) is 5.91 Å². The summed E-state index contributed by atoms with van der Waals surface area (Å²) in [7, 11) is 0. The molecule has 1 heterocycles. The van der Waals surface area contributed by atoms with Gasteiger partial charge in [-0.1, -0.05) is 28.1 Å². The van der Waals surface area contributed by atoms with E-state index in [2.05, 4.69) is 15.9 Å². The molecule has 0 radical (unpaired) electrons. The number of aliphatic hydroxyl groups excluding tert-OH is 1. The quantitative estimate of drug-likeness (QED) is 0.871. The van der Waals surface area contributed by atoms with Crippen molar-refractivity contribution in [2.75, 3.05) is 13.2 Å². The van der Waals surface area contributed by atoms with Crippen LogP contribution >= 0.6 is 15.9 Å². The van der Waals surface area contributed by atoms with Gasteiger partial charge < -0.3 is 10.0 Å². The number of hydrogen-bond donors (Lipinski definition) is 1. The number of benzene rings is 1. The molecule has 0 aliphatic carbocycles. The number of amides is 1. The highest BCUT2D eigenvalue weighted by Crippen LogP contribution is 2.17. The molecule has 1 saturated heterocycles. The SMILES string of the molecule is O=C(/C=C/c1ccc(Br)cc1)N1CCC[C@H]1CO. The zero-order chi connectivity index (χ0) is 13.0. The van der Waals surface area contributed by atoms with Crippen molar-refractivity contribution < 1.29 is 9.90 Å². The van der Waals surface area contributed by atoms with E-state index in [4.69, 9.17) is 0 Å². The third-order valence-corrected chi connectivity index (χ3v) is 3.69. The minimum atomic E-state index is -0.0190. The Bertz CT molecular complexity index is 442. The minimum absolute atomic E-state index is 0.00734. The third-order valence-electron chi connectivity index (χ3n) is 3.16. The molecule has 1 aliphatic rings. The van der Waals surface area contributed by atoms with Gasteiger partial charge in [0.25, 0.3) is 0 Å². The van der Waals surface area contributed by atoms with Crippen LogP contribution < -0.4 is 0 Å². The number of carbonyl (C=O) groups is 1. The predicted octanol–water partition coefficient (Wildman–Crippen LogP) is 2.45. The van der Waals surface area contributed by atoms with Gasteiger partial charge in [0.05, 0.1) is 12.6 Å². The second-order valence-electron chi connectivity index (χ2n) is 4.40. The van der Waals surface area contributed by atoms with Crippen LogP contribution in [0.5, 0.6) is 0 Å². The molecule has 1 atom stereocenters. The molecule has 0 bridgehead atoms. The van der Waals surface area contributed by atoms with Crippen molar-refractivity contribution in [1.29, 1.82) is 0 Å². The van der Waals surface area contributed by atoms with E-state index in [1.165, 1.54) is 0 Å². The molecule has 3 nitrogen and oxygen atoms in total. The highest BCUT2D eigenvalue weighted by Gasteiger charge is 2.26. The average molecular weight is 310 g/mol. The molecule has 4 heteroatoms. The highest BCUT2D eigenvalue weighted by molar-refractivity contribution is 9.10. The van der Waals surface area contributed by atoms with E-state index in [1.54, 1.807) is 11.0 Å². The normalized spacial score (nSPS) is 19.7. The van der Waals surface area contributed by atoms with Crippen molar-refractivity contribution in [3.63, 3.8) is 0 Å². The van der Waals surface area contributed by atoms with Crippen molar-refractivity contribution in [2.24, 2.45) is 0 Å².